The van der Waals surface area contributed by atoms with Gasteiger partial charge in [-0.2, -0.15) is 0 Å². The van der Waals surface area contributed by atoms with Gasteiger partial charge in [0.25, 0.3) is 0 Å². The van der Waals surface area contributed by atoms with Gasteiger partial charge in [-0.05, 0) is 19.4 Å². The Morgan fingerprint density at radius 3 is 2.83 bits per heavy atom. The zero-order valence-corrected chi connectivity index (χ0v) is 10.5. The third-order valence-electron chi connectivity index (χ3n) is 2.22. The second kappa shape index (κ2) is 6.80. The molecule has 0 aromatic heterocycles. The molecule has 0 saturated carbocycles. The Hall–Kier alpha value is -1.82. The normalized spacial score (nSPS) is 11.9. The monoisotopic (exact) mass is 254 g/mol. The van der Waals surface area contributed by atoms with Gasteiger partial charge in [0.1, 0.15) is 0 Å². The van der Waals surface area contributed by atoms with Crippen LogP contribution in [0.15, 0.2) is 18.2 Å². The molecule has 18 heavy (non-hydrogen) atoms. The van der Waals surface area contributed by atoms with Crippen molar-refractivity contribution in [2.75, 3.05) is 18.5 Å². The van der Waals surface area contributed by atoms with Crippen molar-refractivity contribution in [1.82, 2.24) is 0 Å². The molecule has 0 radical (unpaired) electrons. The van der Waals surface area contributed by atoms with E-state index < -0.39 is 11.0 Å². The van der Waals surface area contributed by atoms with Crippen LogP contribution < -0.4 is 10.1 Å². The fraction of sp³-hybridized carbons (Fsp3) is 0.500. The minimum Gasteiger partial charge on any atom is -0.487 e. The number of rotatable bonds is 7. The molecule has 6 nitrogen and oxygen atoms in total. The van der Waals surface area contributed by atoms with Crippen molar-refractivity contribution in [3.63, 3.8) is 0 Å². The van der Waals surface area contributed by atoms with Crippen LogP contribution in [0.5, 0.6) is 5.75 Å². The Bertz CT molecular complexity index is 407. The zero-order valence-electron chi connectivity index (χ0n) is 10.5. The zero-order chi connectivity index (χ0) is 13.5. The second-order valence-electron chi connectivity index (χ2n) is 4.02. The summed E-state index contributed by atoms with van der Waals surface area (Å²) in [4.78, 5) is 10.4. The molecule has 0 spiro atoms. The maximum absolute atomic E-state index is 10.8. The summed E-state index contributed by atoms with van der Waals surface area (Å²) in [5.41, 5.74) is 0.638. The van der Waals surface area contributed by atoms with Gasteiger partial charge in [0.2, 0.25) is 0 Å². The second-order valence-corrected chi connectivity index (χ2v) is 4.02. The number of nitro benzene ring substituents is 1. The first-order valence-corrected chi connectivity index (χ1v) is 5.87. The molecule has 2 N–H and O–H groups in total. The molecule has 0 amide bonds. The van der Waals surface area contributed by atoms with Crippen LogP contribution in [0.25, 0.3) is 0 Å². The topological polar surface area (TPSA) is 84.6 Å². The number of ether oxygens (including phenoxy) is 1. The van der Waals surface area contributed by atoms with E-state index in [4.69, 9.17) is 9.84 Å². The van der Waals surface area contributed by atoms with E-state index in [1.807, 2.05) is 6.92 Å². The molecule has 0 saturated heterocycles. The van der Waals surface area contributed by atoms with E-state index in [9.17, 15) is 10.1 Å². The first-order chi connectivity index (χ1) is 8.54. The Balaban J connectivity index is 2.86. The summed E-state index contributed by atoms with van der Waals surface area (Å²) in [6.45, 7) is 4.40. The van der Waals surface area contributed by atoms with Crippen molar-refractivity contribution in [2.45, 2.75) is 26.4 Å². The molecule has 0 aliphatic carbocycles. The van der Waals surface area contributed by atoms with Crippen molar-refractivity contribution in [3.8, 4) is 5.75 Å². The van der Waals surface area contributed by atoms with Gasteiger partial charge in [-0.25, -0.2) is 0 Å². The van der Waals surface area contributed by atoms with Crippen molar-refractivity contribution in [2.24, 2.45) is 0 Å². The fourth-order valence-electron chi connectivity index (χ4n) is 1.37. The number of aliphatic hydroxyl groups excluding tert-OH is 1. The number of benzene rings is 1. The van der Waals surface area contributed by atoms with Gasteiger partial charge in [-0.1, -0.05) is 6.92 Å². The summed E-state index contributed by atoms with van der Waals surface area (Å²) >= 11 is 0. The van der Waals surface area contributed by atoms with Crippen LogP contribution in [0.4, 0.5) is 11.4 Å². The van der Waals surface area contributed by atoms with E-state index in [-0.39, 0.29) is 11.4 Å². The summed E-state index contributed by atoms with van der Waals surface area (Å²) in [6, 6.07) is 4.57. The lowest BCUT2D eigenvalue weighted by Crippen LogP contribution is -2.15. The summed E-state index contributed by atoms with van der Waals surface area (Å²) in [5, 5.41) is 23.0. The predicted molar refractivity (Wildman–Crippen MR) is 69.1 cm³/mol. The highest BCUT2D eigenvalue weighted by Crippen LogP contribution is 2.30. The lowest BCUT2D eigenvalue weighted by Gasteiger charge is -2.11. The molecular formula is C12H18N2O4. The Kier molecular flexibility index (Phi) is 5.38. The maximum atomic E-state index is 10.8. The highest BCUT2D eigenvalue weighted by Gasteiger charge is 2.15. The minimum atomic E-state index is -0.486. The smallest absolute Gasteiger partial charge is 0.311 e. The van der Waals surface area contributed by atoms with Gasteiger partial charge in [0.05, 0.1) is 17.6 Å². The van der Waals surface area contributed by atoms with Crippen LogP contribution in [-0.2, 0) is 0 Å². The average Bonchev–Trinajstić information content (AvgIpc) is 2.33. The number of hydrogen-bond acceptors (Lipinski definition) is 5. The van der Waals surface area contributed by atoms with E-state index in [0.29, 0.717) is 18.8 Å². The quantitative estimate of drug-likeness (QED) is 0.575. The maximum Gasteiger partial charge on any atom is 0.311 e. The molecule has 0 fully saturated rings. The number of aliphatic hydroxyl groups is 1. The largest absolute Gasteiger partial charge is 0.487 e. The van der Waals surface area contributed by atoms with Crippen LogP contribution in [0.2, 0.25) is 0 Å². The van der Waals surface area contributed by atoms with Crippen molar-refractivity contribution in [3.05, 3.63) is 28.3 Å². The van der Waals surface area contributed by atoms with E-state index in [1.165, 1.54) is 6.07 Å². The molecule has 0 aliphatic heterocycles. The summed E-state index contributed by atoms with van der Waals surface area (Å²) in [6.07, 6.45) is 0.294. The van der Waals surface area contributed by atoms with Gasteiger partial charge >= 0.3 is 5.69 Å². The highest BCUT2D eigenvalue weighted by atomic mass is 16.6. The Morgan fingerprint density at radius 1 is 1.56 bits per heavy atom. The molecule has 0 heterocycles. The molecular weight excluding hydrogens is 236 g/mol. The van der Waals surface area contributed by atoms with Crippen LogP contribution in [-0.4, -0.2) is 29.3 Å². The first-order valence-electron chi connectivity index (χ1n) is 5.87. The Labute approximate surface area is 106 Å². The number of nitrogens with zero attached hydrogens (tertiary/aromatic N) is 1. The third-order valence-corrected chi connectivity index (χ3v) is 2.22. The van der Waals surface area contributed by atoms with Gasteiger partial charge in [-0.15, -0.1) is 0 Å². The summed E-state index contributed by atoms with van der Waals surface area (Å²) in [7, 11) is 0. The van der Waals surface area contributed by atoms with Crippen molar-refractivity contribution in [1.29, 1.82) is 0 Å². The number of nitro groups is 1. The van der Waals surface area contributed by atoms with Crippen LogP contribution >= 0.6 is 0 Å². The highest BCUT2D eigenvalue weighted by molar-refractivity contribution is 5.58. The molecule has 1 atom stereocenters. The van der Waals surface area contributed by atoms with E-state index in [0.717, 1.165) is 6.42 Å². The Morgan fingerprint density at radius 2 is 2.28 bits per heavy atom. The fourth-order valence-corrected chi connectivity index (χ4v) is 1.37. The van der Waals surface area contributed by atoms with E-state index in [2.05, 4.69) is 5.32 Å². The van der Waals surface area contributed by atoms with Crippen molar-refractivity contribution < 1.29 is 14.8 Å². The first kappa shape index (κ1) is 14.2. The molecule has 1 unspecified atom stereocenters. The molecule has 0 aliphatic rings. The molecule has 100 valence electrons. The van der Waals surface area contributed by atoms with Crippen LogP contribution in [0.3, 0.4) is 0 Å². The molecule has 0 bridgehead atoms. The standard InChI is InChI=1S/C12H18N2O4/c1-3-6-18-12-7-10(13-8-9(2)15)4-5-11(12)14(16)17/h4-5,7,9,13,15H,3,6,8H2,1-2H3. The van der Waals surface area contributed by atoms with Crippen LogP contribution in [0, 0.1) is 10.1 Å². The number of anilines is 1. The van der Waals surface area contributed by atoms with Gasteiger partial charge in [0.15, 0.2) is 5.75 Å². The lowest BCUT2D eigenvalue weighted by atomic mass is 10.2. The number of hydrogen-bond donors (Lipinski definition) is 2. The van der Waals surface area contributed by atoms with Gasteiger partial charge in [0, 0.05) is 24.4 Å². The van der Waals surface area contributed by atoms with Gasteiger partial charge < -0.3 is 15.2 Å². The SMILES string of the molecule is CCCOc1cc(NCC(C)O)ccc1[N+](=O)[O-]. The van der Waals surface area contributed by atoms with Gasteiger partial charge in [-0.3, -0.25) is 10.1 Å². The molecule has 1 aromatic carbocycles. The molecule has 1 rings (SSSR count). The summed E-state index contributed by atoms with van der Waals surface area (Å²) in [5.74, 6) is 0.248. The number of nitrogens with one attached hydrogen (secondary N) is 1. The molecule has 1 aromatic rings. The van der Waals surface area contributed by atoms with Crippen LogP contribution in [0.1, 0.15) is 20.3 Å². The van der Waals surface area contributed by atoms with E-state index >= 15 is 0 Å². The lowest BCUT2D eigenvalue weighted by molar-refractivity contribution is -0.385. The average molecular weight is 254 g/mol. The van der Waals surface area contributed by atoms with E-state index in [1.54, 1.807) is 19.1 Å². The third kappa shape index (κ3) is 4.21. The minimum absolute atomic E-state index is 0.0500. The van der Waals surface area contributed by atoms with Crippen molar-refractivity contribution >= 4 is 11.4 Å². The predicted octanol–water partition coefficient (Wildman–Crippen LogP) is 2.18. The summed E-state index contributed by atoms with van der Waals surface area (Å²) < 4.78 is 5.35. The molecule has 6 heteroatoms.